The highest BCUT2D eigenvalue weighted by Crippen LogP contribution is 2.29. The Morgan fingerprint density at radius 1 is 1.33 bits per heavy atom. The molecule has 4 N–H and O–H groups in total. The Bertz CT molecular complexity index is 840. The first-order valence-electron chi connectivity index (χ1n) is 7.78. The number of carbonyl (C=O) groups is 1. The summed E-state index contributed by atoms with van der Waals surface area (Å²) in [4.78, 5) is 20.5. The number of thiophene rings is 1. The molecule has 0 unspecified atom stereocenters. The van der Waals surface area contributed by atoms with Crippen LogP contribution in [0.1, 0.15) is 23.5 Å². The van der Waals surface area contributed by atoms with E-state index in [1.807, 2.05) is 43.6 Å². The molecule has 0 aliphatic carbocycles. The van der Waals surface area contributed by atoms with E-state index < -0.39 is 0 Å². The second-order valence-electron chi connectivity index (χ2n) is 5.89. The summed E-state index contributed by atoms with van der Waals surface area (Å²) in [6.07, 6.45) is 3.55. The van der Waals surface area contributed by atoms with Gasteiger partial charge in [0.05, 0.1) is 24.0 Å². The molecule has 0 aliphatic rings. The summed E-state index contributed by atoms with van der Waals surface area (Å²) in [6, 6.07) is 5.43. The van der Waals surface area contributed by atoms with Crippen molar-refractivity contribution in [2.75, 3.05) is 11.9 Å². The highest BCUT2D eigenvalue weighted by molar-refractivity contribution is 7.12. The van der Waals surface area contributed by atoms with Crippen LogP contribution in [-0.4, -0.2) is 33.6 Å². The van der Waals surface area contributed by atoms with Gasteiger partial charge in [0.25, 0.3) is 5.91 Å². The van der Waals surface area contributed by atoms with Crippen molar-refractivity contribution in [1.29, 1.82) is 0 Å². The number of aromatic nitrogens is 2. The molecule has 0 aliphatic heterocycles. The average molecular weight is 344 g/mol. The summed E-state index contributed by atoms with van der Waals surface area (Å²) in [6.45, 7) is 3.86. The third-order valence-corrected chi connectivity index (χ3v) is 4.83. The first kappa shape index (κ1) is 16.5. The molecular weight excluding hydrogens is 324 g/mol. The van der Waals surface area contributed by atoms with E-state index in [1.165, 1.54) is 11.3 Å². The predicted molar refractivity (Wildman–Crippen MR) is 96.9 cm³/mol. The van der Waals surface area contributed by atoms with Crippen LogP contribution in [0.3, 0.4) is 0 Å². The molecule has 0 fully saturated rings. The molecule has 24 heavy (non-hydrogen) atoms. The average Bonchev–Trinajstić information content (AvgIpc) is 3.21. The van der Waals surface area contributed by atoms with Gasteiger partial charge in [-0.2, -0.15) is 0 Å². The first-order chi connectivity index (χ1) is 11.6. The van der Waals surface area contributed by atoms with Gasteiger partial charge in [-0.3, -0.25) is 4.79 Å². The molecule has 3 rings (SSSR count). The molecule has 0 spiro atoms. The molecule has 6 nitrogen and oxygen atoms in total. The summed E-state index contributed by atoms with van der Waals surface area (Å²) in [5, 5.41) is 18.4. The molecule has 0 bridgehead atoms. The molecule has 7 heteroatoms. The van der Waals surface area contributed by atoms with E-state index in [4.69, 9.17) is 0 Å². The van der Waals surface area contributed by atoms with Crippen molar-refractivity contribution in [1.82, 2.24) is 15.3 Å². The Balaban J connectivity index is 1.83. The van der Waals surface area contributed by atoms with Crippen molar-refractivity contribution >= 4 is 39.7 Å². The van der Waals surface area contributed by atoms with E-state index in [1.54, 1.807) is 6.20 Å². The van der Waals surface area contributed by atoms with Crippen LogP contribution in [0.2, 0.25) is 0 Å². The van der Waals surface area contributed by atoms with Gasteiger partial charge in [-0.1, -0.05) is 13.8 Å². The number of hydrogen-bond acceptors (Lipinski definition) is 5. The van der Waals surface area contributed by atoms with Crippen LogP contribution < -0.4 is 10.6 Å². The molecular formula is C17H20N4O2S. The molecule has 0 radical (unpaired) electrons. The maximum atomic E-state index is 12.5. The van der Waals surface area contributed by atoms with Gasteiger partial charge >= 0.3 is 0 Å². The number of aromatic amines is 1. The van der Waals surface area contributed by atoms with Gasteiger partial charge in [0.2, 0.25) is 0 Å². The third-order valence-electron chi connectivity index (χ3n) is 3.92. The Morgan fingerprint density at radius 2 is 2.17 bits per heavy atom. The van der Waals surface area contributed by atoms with Gasteiger partial charge in [0.15, 0.2) is 0 Å². The second-order valence-corrected chi connectivity index (χ2v) is 6.81. The molecule has 0 aromatic carbocycles. The lowest BCUT2D eigenvalue weighted by molar-refractivity contribution is 0.0902. The normalized spacial score (nSPS) is 12.5. The molecule has 126 valence electrons. The van der Waals surface area contributed by atoms with E-state index in [2.05, 4.69) is 20.6 Å². The smallest absolute Gasteiger partial charge is 0.263 e. The number of carbonyl (C=O) groups excluding carboxylic acids is 1. The molecule has 3 aromatic heterocycles. The predicted octanol–water partition coefficient (Wildman–Crippen LogP) is 3.11. The number of anilines is 2. The Morgan fingerprint density at radius 3 is 2.92 bits per heavy atom. The number of fused-ring (bicyclic) bond motifs is 1. The molecule has 3 aromatic rings. The minimum Gasteiger partial charge on any atom is -0.394 e. The largest absolute Gasteiger partial charge is 0.394 e. The van der Waals surface area contributed by atoms with Gasteiger partial charge < -0.3 is 20.7 Å². The SMILES string of the molecule is CC(C)[C@@H](CO)NC(=O)c1sccc1Nc1ccnc2[nH]ccc12. The van der Waals surface area contributed by atoms with E-state index in [0.29, 0.717) is 4.88 Å². The van der Waals surface area contributed by atoms with Crippen molar-refractivity contribution in [3.8, 4) is 0 Å². The lowest BCUT2D eigenvalue weighted by Gasteiger charge is -2.20. The highest BCUT2D eigenvalue weighted by atomic mass is 32.1. The van der Waals surface area contributed by atoms with Gasteiger partial charge in [0, 0.05) is 17.8 Å². The summed E-state index contributed by atoms with van der Waals surface area (Å²) in [5.74, 6) is -0.0189. The number of aliphatic hydroxyl groups excluding tert-OH is 1. The van der Waals surface area contributed by atoms with Crippen LogP contribution in [-0.2, 0) is 0 Å². The molecule has 3 heterocycles. The first-order valence-corrected chi connectivity index (χ1v) is 8.66. The monoisotopic (exact) mass is 344 g/mol. The van der Waals surface area contributed by atoms with Crippen molar-refractivity contribution in [2.45, 2.75) is 19.9 Å². The Kier molecular flexibility index (Phi) is 4.82. The van der Waals surface area contributed by atoms with E-state index >= 15 is 0 Å². The zero-order valence-corrected chi connectivity index (χ0v) is 14.4. The summed E-state index contributed by atoms with van der Waals surface area (Å²) in [5.41, 5.74) is 2.42. The summed E-state index contributed by atoms with van der Waals surface area (Å²) >= 11 is 1.37. The van der Waals surface area contributed by atoms with E-state index in [0.717, 1.165) is 22.4 Å². The molecule has 1 atom stereocenters. The number of nitrogens with zero attached hydrogens (tertiary/aromatic N) is 1. The number of pyridine rings is 1. The van der Waals surface area contributed by atoms with Crippen molar-refractivity contribution in [3.05, 3.63) is 40.8 Å². The fourth-order valence-electron chi connectivity index (χ4n) is 2.46. The fraction of sp³-hybridized carbons (Fsp3) is 0.294. The molecule has 1 amide bonds. The van der Waals surface area contributed by atoms with Gasteiger partial charge in [-0.15, -0.1) is 11.3 Å². The second kappa shape index (κ2) is 7.02. The van der Waals surface area contributed by atoms with Gasteiger partial charge in [-0.25, -0.2) is 4.98 Å². The number of H-pyrrole nitrogens is 1. The topological polar surface area (TPSA) is 90.0 Å². The zero-order chi connectivity index (χ0) is 17.1. The van der Waals surface area contributed by atoms with Crippen LogP contribution in [0.5, 0.6) is 0 Å². The van der Waals surface area contributed by atoms with Gasteiger partial charge in [0.1, 0.15) is 10.5 Å². The maximum Gasteiger partial charge on any atom is 0.263 e. The standard InChI is InChI=1S/C17H20N4O2S/c1-10(2)14(9-22)21-17(23)15-13(5-8-24-15)20-12-4-7-19-16-11(12)3-6-18-16/h3-8,10,14,22H,9H2,1-2H3,(H,21,23)(H2,18,19,20)/t14-/m1/s1. The van der Waals surface area contributed by atoms with Crippen molar-refractivity contribution in [3.63, 3.8) is 0 Å². The van der Waals surface area contributed by atoms with Crippen LogP contribution >= 0.6 is 11.3 Å². The van der Waals surface area contributed by atoms with Crippen LogP contribution in [0.25, 0.3) is 11.0 Å². The molecule has 0 saturated carbocycles. The number of nitrogens with one attached hydrogen (secondary N) is 3. The number of amides is 1. The lowest BCUT2D eigenvalue weighted by atomic mass is 10.1. The van der Waals surface area contributed by atoms with Crippen LogP contribution in [0.15, 0.2) is 36.0 Å². The summed E-state index contributed by atoms with van der Waals surface area (Å²) < 4.78 is 0. The Labute approximate surface area is 143 Å². The van der Waals surface area contributed by atoms with Gasteiger partial charge in [-0.05, 0) is 29.5 Å². The molecule has 0 saturated heterocycles. The van der Waals surface area contributed by atoms with Crippen LogP contribution in [0.4, 0.5) is 11.4 Å². The van der Waals surface area contributed by atoms with Crippen LogP contribution in [0, 0.1) is 5.92 Å². The zero-order valence-electron chi connectivity index (χ0n) is 13.5. The third kappa shape index (κ3) is 3.27. The van der Waals surface area contributed by atoms with E-state index in [-0.39, 0.29) is 24.5 Å². The maximum absolute atomic E-state index is 12.5. The Hall–Kier alpha value is -2.38. The fourth-order valence-corrected chi connectivity index (χ4v) is 3.21. The summed E-state index contributed by atoms with van der Waals surface area (Å²) in [7, 11) is 0. The number of rotatable bonds is 6. The minimum absolute atomic E-state index is 0.0775. The quantitative estimate of drug-likeness (QED) is 0.553. The number of hydrogen-bond donors (Lipinski definition) is 4. The highest BCUT2D eigenvalue weighted by Gasteiger charge is 2.20. The van der Waals surface area contributed by atoms with Crippen molar-refractivity contribution < 1.29 is 9.90 Å². The van der Waals surface area contributed by atoms with E-state index in [9.17, 15) is 9.90 Å². The van der Waals surface area contributed by atoms with Crippen molar-refractivity contribution in [2.24, 2.45) is 5.92 Å². The minimum atomic E-state index is -0.259. The number of aliphatic hydroxyl groups is 1. The lowest BCUT2D eigenvalue weighted by Crippen LogP contribution is -2.41.